The lowest BCUT2D eigenvalue weighted by Gasteiger charge is -2.23. The predicted molar refractivity (Wildman–Crippen MR) is 91.9 cm³/mol. The molecule has 1 aromatic rings. The average Bonchev–Trinajstić information content (AvgIpc) is 2.51. The Morgan fingerprint density at radius 3 is 2.46 bits per heavy atom. The zero-order chi connectivity index (χ0) is 17.8. The number of carbonyl (C=O) groups is 1. The molecule has 0 bridgehead atoms. The first-order chi connectivity index (χ1) is 11.2. The van der Waals surface area contributed by atoms with Crippen LogP contribution in [0.25, 0.3) is 0 Å². The van der Waals surface area contributed by atoms with Gasteiger partial charge in [0.25, 0.3) is 0 Å². The molecule has 7 heteroatoms. The number of ether oxygens (including phenoxy) is 1. The second kappa shape index (κ2) is 7.63. The van der Waals surface area contributed by atoms with Crippen molar-refractivity contribution >= 4 is 15.9 Å². The van der Waals surface area contributed by atoms with E-state index in [1.54, 1.807) is 45.0 Å². The van der Waals surface area contributed by atoms with Crippen LogP contribution in [-0.4, -0.2) is 33.1 Å². The smallest absolute Gasteiger partial charge is 0.241 e. The molecule has 1 fully saturated rings. The first-order valence-corrected chi connectivity index (χ1v) is 9.65. The number of sulfonamides is 1. The molecule has 6 nitrogen and oxygen atoms in total. The summed E-state index contributed by atoms with van der Waals surface area (Å²) in [5, 5.41) is 2.86. The molecule has 1 aromatic carbocycles. The molecule has 1 aliphatic rings. The first-order valence-electron chi connectivity index (χ1n) is 8.16. The second-order valence-corrected chi connectivity index (χ2v) is 8.72. The molecule has 0 aliphatic carbocycles. The lowest BCUT2D eigenvalue weighted by molar-refractivity contribution is -0.128. The van der Waals surface area contributed by atoms with E-state index in [1.807, 2.05) is 0 Å². The minimum atomic E-state index is -3.64. The van der Waals surface area contributed by atoms with E-state index in [0.717, 1.165) is 0 Å². The number of hydrogen-bond acceptors (Lipinski definition) is 4. The van der Waals surface area contributed by atoms with Gasteiger partial charge in [0.1, 0.15) is 0 Å². The Balaban J connectivity index is 2.10. The highest BCUT2D eigenvalue weighted by Crippen LogP contribution is 2.19. The largest absolute Gasteiger partial charge is 0.381 e. The summed E-state index contributed by atoms with van der Waals surface area (Å²) in [5.74, 6) is -0.107. The highest BCUT2D eigenvalue weighted by atomic mass is 32.2. The maximum absolute atomic E-state index is 12.6. The lowest BCUT2D eigenvalue weighted by atomic mass is 9.99. The van der Waals surface area contributed by atoms with Crippen molar-refractivity contribution in [2.24, 2.45) is 5.92 Å². The van der Waals surface area contributed by atoms with Gasteiger partial charge in [-0.25, -0.2) is 13.1 Å². The fraction of sp³-hybridized carbons (Fsp3) is 0.588. The summed E-state index contributed by atoms with van der Waals surface area (Å²) in [4.78, 5) is 12.4. The van der Waals surface area contributed by atoms with E-state index in [9.17, 15) is 13.2 Å². The van der Waals surface area contributed by atoms with Gasteiger partial charge >= 0.3 is 0 Å². The second-order valence-electron chi connectivity index (χ2n) is 7.07. The van der Waals surface area contributed by atoms with Gasteiger partial charge in [-0.1, -0.05) is 18.2 Å². The number of rotatable bonds is 5. The van der Waals surface area contributed by atoms with Crippen LogP contribution >= 0.6 is 0 Å². The number of carbonyl (C=O) groups excluding carboxylic acids is 1. The van der Waals surface area contributed by atoms with Crippen molar-refractivity contribution < 1.29 is 17.9 Å². The fourth-order valence-corrected chi connectivity index (χ4v) is 4.32. The maximum atomic E-state index is 12.6. The molecule has 134 valence electrons. The molecule has 24 heavy (non-hydrogen) atoms. The molecule has 1 aliphatic heterocycles. The van der Waals surface area contributed by atoms with Crippen molar-refractivity contribution in [3.05, 3.63) is 29.8 Å². The maximum Gasteiger partial charge on any atom is 0.241 e. The summed E-state index contributed by atoms with van der Waals surface area (Å²) in [5.41, 5.74) is 0.00626. The molecule has 0 radical (unpaired) electrons. The van der Waals surface area contributed by atoms with Crippen molar-refractivity contribution in [3.63, 3.8) is 0 Å². The summed E-state index contributed by atoms with van der Waals surface area (Å²) in [7, 11) is -3.64. The molecule has 2 N–H and O–H groups in total. The third-order valence-electron chi connectivity index (χ3n) is 3.75. The van der Waals surface area contributed by atoms with Gasteiger partial charge in [0.15, 0.2) is 0 Å². The van der Waals surface area contributed by atoms with Gasteiger partial charge in [-0.3, -0.25) is 4.79 Å². The number of hydrogen-bond donors (Lipinski definition) is 2. The van der Waals surface area contributed by atoms with Crippen LogP contribution in [0.2, 0.25) is 0 Å². The van der Waals surface area contributed by atoms with Crippen LogP contribution in [0, 0.1) is 5.92 Å². The Bertz CT molecular complexity index is 674. The molecule has 0 atom stereocenters. The lowest BCUT2D eigenvalue weighted by Crippen LogP contribution is -2.41. The summed E-state index contributed by atoms with van der Waals surface area (Å²) < 4.78 is 33.1. The summed E-state index contributed by atoms with van der Waals surface area (Å²) >= 11 is 0. The van der Waals surface area contributed by atoms with E-state index in [2.05, 4.69) is 10.0 Å². The van der Waals surface area contributed by atoms with Crippen LogP contribution in [0.15, 0.2) is 29.2 Å². The highest BCUT2D eigenvalue weighted by Gasteiger charge is 2.25. The summed E-state index contributed by atoms with van der Waals surface area (Å²) in [6, 6.07) is 6.73. The third-order valence-corrected chi connectivity index (χ3v) is 5.61. The van der Waals surface area contributed by atoms with Crippen LogP contribution in [0.4, 0.5) is 0 Å². The Labute approximate surface area is 144 Å². The molecular weight excluding hydrogens is 328 g/mol. The molecule has 1 amide bonds. The summed E-state index contributed by atoms with van der Waals surface area (Å²) in [6.07, 6.45) is 1.41. The van der Waals surface area contributed by atoms with Crippen LogP contribution < -0.4 is 10.0 Å². The average molecular weight is 354 g/mol. The van der Waals surface area contributed by atoms with Gasteiger partial charge < -0.3 is 10.1 Å². The van der Waals surface area contributed by atoms with Crippen molar-refractivity contribution in [1.29, 1.82) is 0 Å². The zero-order valence-electron chi connectivity index (χ0n) is 14.5. The van der Waals surface area contributed by atoms with Gasteiger partial charge in [-0.15, -0.1) is 0 Å². The van der Waals surface area contributed by atoms with Crippen LogP contribution in [0.1, 0.15) is 39.2 Å². The number of amides is 1. The third kappa shape index (κ3) is 5.29. The molecule has 1 heterocycles. The zero-order valence-corrected chi connectivity index (χ0v) is 15.3. The highest BCUT2D eigenvalue weighted by molar-refractivity contribution is 7.89. The number of nitrogens with one attached hydrogen (secondary N) is 2. The topological polar surface area (TPSA) is 84.5 Å². The fourth-order valence-electron chi connectivity index (χ4n) is 2.66. The van der Waals surface area contributed by atoms with Gasteiger partial charge in [0, 0.05) is 31.2 Å². The summed E-state index contributed by atoms with van der Waals surface area (Å²) in [6.45, 7) is 6.76. The quantitative estimate of drug-likeness (QED) is 0.844. The van der Waals surface area contributed by atoms with Gasteiger partial charge in [-0.05, 0) is 45.2 Å². The van der Waals surface area contributed by atoms with E-state index in [1.165, 1.54) is 0 Å². The Morgan fingerprint density at radius 2 is 1.83 bits per heavy atom. The van der Waals surface area contributed by atoms with Crippen molar-refractivity contribution in [1.82, 2.24) is 10.0 Å². The SMILES string of the molecule is CC(C)(C)NS(=O)(=O)c1ccccc1CNC(=O)C1CCOCC1. The van der Waals surface area contributed by atoms with E-state index in [0.29, 0.717) is 31.6 Å². The molecule has 0 unspecified atom stereocenters. The minimum Gasteiger partial charge on any atom is -0.381 e. The van der Waals surface area contributed by atoms with Crippen molar-refractivity contribution in [3.8, 4) is 0 Å². The van der Waals surface area contributed by atoms with E-state index in [4.69, 9.17) is 4.74 Å². The van der Waals surface area contributed by atoms with Crippen LogP contribution in [-0.2, 0) is 26.1 Å². The molecular formula is C17H26N2O4S. The van der Waals surface area contributed by atoms with Crippen molar-refractivity contribution in [2.75, 3.05) is 13.2 Å². The molecule has 0 saturated carbocycles. The van der Waals surface area contributed by atoms with E-state index >= 15 is 0 Å². The standard InChI is InChI=1S/C17H26N2O4S/c1-17(2,3)19-24(21,22)15-7-5-4-6-14(15)12-18-16(20)13-8-10-23-11-9-13/h4-7,13,19H,8-12H2,1-3H3,(H,18,20). The van der Waals surface area contributed by atoms with E-state index in [-0.39, 0.29) is 23.3 Å². The van der Waals surface area contributed by atoms with Crippen LogP contribution in [0.5, 0.6) is 0 Å². The van der Waals surface area contributed by atoms with Gasteiger partial charge in [0.05, 0.1) is 4.90 Å². The molecule has 2 rings (SSSR count). The predicted octanol–water partition coefficient (Wildman–Crippen LogP) is 1.81. The number of benzene rings is 1. The molecule has 0 aromatic heterocycles. The first kappa shape index (κ1) is 18.9. The van der Waals surface area contributed by atoms with Crippen molar-refractivity contribution in [2.45, 2.75) is 50.6 Å². The van der Waals surface area contributed by atoms with Gasteiger partial charge in [0.2, 0.25) is 15.9 Å². The monoisotopic (exact) mass is 354 g/mol. The molecule has 1 saturated heterocycles. The normalized spacial score (nSPS) is 16.8. The van der Waals surface area contributed by atoms with Gasteiger partial charge in [-0.2, -0.15) is 0 Å². The Morgan fingerprint density at radius 1 is 1.21 bits per heavy atom. The van der Waals surface area contributed by atoms with Crippen LogP contribution in [0.3, 0.4) is 0 Å². The molecule has 0 spiro atoms. The Kier molecular flexibility index (Phi) is 6.01. The minimum absolute atomic E-state index is 0.0470. The van der Waals surface area contributed by atoms with E-state index < -0.39 is 15.6 Å². The Hall–Kier alpha value is -1.44.